The topological polar surface area (TPSA) is 86.9 Å². The van der Waals surface area contributed by atoms with E-state index in [-0.39, 0.29) is 11.9 Å². The van der Waals surface area contributed by atoms with Gasteiger partial charge in [0.25, 0.3) is 5.91 Å². The van der Waals surface area contributed by atoms with Gasteiger partial charge in [-0.1, -0.05) is 23.4 Å². The summed E-state index contributed by atoms with van der Waals surface area (Å²) in [5.41, 5.74) is 1.17. The number of amides is 1. The molecule has 156 valence electrons. The standard InChI is InChI=1S/C22H23N3O5/c1-27-17-11-5-4-8-14(17)20-23-21(30-24-20)16-10-7-13-25(16)22(26)15-9-6-12-18(28-2)19(15)29-3/h4-6,8-9,11-12,16H,7,10,13H2,1-3H3/t16-/m0/s1. The fourth-order valence-corrected chi connectivity index (χ4v) is 3.79. The Morgan fingerprint density at radius 3 is 2.57 bits per heavy atom. The first-order valence-electron chi connectivity index (χ1n) is 9.67. The van der Waals surface area contributed by atoms with E-state index < -0.39 is 0 Å². The van der Waals surface area contributed by atoms with Crippen molar-refractivity contribution in [1.29, 1.82) is 0 Å². The monoisotopic (exact) mass is 409 g/mol. The first-order valence-corrected chi connectivity index (χ1v) is 9.67. The second kappa shape index (κ2) is 8.44. The molecule has 0 aliphatic carbocycles. The van der Waals surface area contributed by atoms with Crippen LogP contribution in [0.2, 0.25) is 0 Å². The smallest absolute Gasteiger partial charge is 0.258 e. The van der Waals surface area contributed by atoms with Crippen molar-refractivity contribution in [3.63, 3.8) is 0 Å². The van der Waals surface area contributed by atoms with Gasteiger partial charge in [-0.2, -0.15) is 4.98 Å². The van der Waals surface area contributed by atoms with E-state index in [9.17, 15) is 4.79 Å². The van der Waals surface area contributed by atoms with Gasteiger partial charge in [-0.15, -0.1) is 0 Å². The van der Waals surface area contributed by atoms with Crippen molar-refractivity contribution < 1.29 is 23.5 Å². The number of para-hydroxylation sites is 2. The van der Waals surface area contributed by atoms with E-state index >= 15 is 0 Å². The molecule has 0 N–H and O–H groups in total. The molecule has 1 fully saturated rings. The fourth-order valence-electron chi connectivity index (χ4n) is 3.79. The zero-order valence-corrected chi connectivity index (χ0v) is 17.1. The third-order valence-electron chi connectivity index (χ3n) is 5.22. The van der Waals surface area contributed by atoms with Crippen LogP contribution in [-0.4, -0.2) is 48.8 Å². The molecule has 4 rings (SSSR count). The van der Waals surface area contributed by atoms with Gasteiger partial charge in [-0.3, -0.25) is 4.79 Å². The fraction of sp³-hybridized carbons (Fsp3) is 0.318. The van der Waals surface area contributed by atoms with Gasteiger partial charge in [0.1, 0.15) is 11.8 Å². The number of likely N-dealkylation sites (tertiary alicyclic amines) is 1. The van der Waals surface area contributed by atoms with Crippen LogP contribution in [0.3, 0.4) is 0 Å². The summed E-state index contributed by atoms with van der Waals surface area (Å²) in [6.07, 6.45) is 1.58. The molecule has 1 aliphatic rings. The lowest BCUT2D eigenvalue weighted by atomic mass is 10.1. The van der Waals surface area contributed by atoms with E-state index in [1.54, 1.807) is 37.3 Å². The first kappa shape index (κ1) is 19.8. The minimum absolute atomic E-state index is 0.162. The molecular weight excluding hydrogens is 386 g/mol. The van der Waals surface area contributed by atoms with E-state index in [1.165, 1.54) is 7.11 Å². The quantitative estimate of drug-likeness (QED) is 0.613. The number of hydrogen-bond acceptors (Lipinski definition) is 7. The molecule has 0 unspecified atom stereocenters. The molecule has 1 atom stereocenters. The van der Waals surface area contributed by atoms with E-state index in [0.29, 0.717) is 41.1 Å². The maximum absolute atomic E-state index is 13.3. The van der Waals surface area contributed by atoms with E-state index in [2.05, 4.69) is 10.1 Å². The van der Waals surface area contributed by atoms with Crippen LogP contribution in [0.15, 0.2) is 47.0 Å². The van der Waals surface area contributed by atoms with Gasteiger partial charge >= 0.3 is 0 Å². The number of hydrogen-bond donors (Lipinski definition) is 0. The van der Waals surface area contributed by atoms with Crippen molar-refractivity contribution in [2.45, 2.75) is 18.9 Å². The second-order valence-corrected chi connectivity index (χ2v) is 6.85. The van der Waals surface area contributed by atoms with Crippen LogP contribution in [0.25, 0.3) is 11.4 Å². The maximum atomic E-state index is 13.3. The Kier molecular flexibility index (Phi) is 5.56. The molecule has 1 saturated heterocycles. The van der Waals surface area contributed by atoms with Gasteiger partial charge in [0, 0.05) is 6.54 Å². The lowest BCUT2D eigenvalue weighted by Crippen LogP contribution is -2.31. The first-order chi connectivity index (χ1) is 14.7. The van der Waals surface area contributed by atoms with Gasteiger partial charge < -0.3 is 23.6 Å². The summed E-state index contributed by atoms with van der Waals surface area (Å²) in [6.45, 7) is 0.593. The van der Waals surface area contributed by atoms with Crippen molar-refractivity contribution in [1.82, 2.24) is 15.0 Å². The average molecular weight is 409 g/mol. The predicted molar refractivity (Wildman–Crippen MR) is 109 cm³/mol. The highest BCUT2D eigenvalue weighted by Gasteiger charge is 2.36. The van der Waals surface area contributed by atoms with Crippen molar-refractivity contribution in [3.8, 4) is 28.6 Å². The summed E-state index contributed by atoms with van der Waals surface area (Å²) < 4.78 is 21.7. The van der Waals surface area contributed by atoms with Gasteiger partial charge in [0.15, 0.2) is 11.5 Å². The summed E-state index contributed by atoms with van der Waals surface area (Å²) in [5, 5.41) is 4.12. The van der Waals surface area contributed by atoms with Crippen molar-refractivity contribution >= 4 is 5.91 Å². The van der Waals surface area contributed by atoms with E-state index in [1.807, 2.05) is 24.3 Å². The molecule has 0 bridgehead atoms. The molecule has 8 nitrogen and oxygen atoms in total. The van der Waals surface area contributed by atoms with Crippen molar-refractivity contribution in [2.24, 2.45) is 0 Å². The average Bonchev–Trinajstić information content (AvgIpc) is 3.47. The van der Waals surface area contributed by atoms with Crippen LogP contribution >= 0.6 is 0 Å². The summed E-state index contributed by atoms with van der Waals surface area (Å²) in [6, 6.07) is 12.4. The SMILES string of the molecule is COc1ccccc1-c1noc([C@@H]2CCCN2C(=O)c2cccc(OC)c2OC)n1. The number of methoxy groups -OCH3 is 3. The van der Waals surface area contributed by atoms with Crippen LogP contribution in [0.4, 0.5) is 0 Å². The number of carbonyl (C=O) groups excluding carboxylic acids is 1. The van der Waals surface area contributed by atoms with Crippen LogP contribution < -0.4 is 14.2 Å². The zero-order chi connectivity index (χ0) is 21.1. The largest absolute Gasteiger partial charge is 0.496 e. The Labute approximate surface area is 174 Å². The molecule has 0 radical (unpaired) electrons. The lowest BCUT2D eigenvalue weighted by molar-refractivity contribution is 0.0706. The van der Waals surface area contributed by atoms with Crippen molar-refractivity contribution in [3.05, 3.63) is 53.9 Å². The molecule has 8 heteroatoms. The molecule has 1 aliphatic heterocycles. The van der Waals surface area contributed by atoms with Crippen LogP contribution in [0.5, 0.6) is 17.2 Å². The molecule has 1 amide bonds. The predicted octanol–water partition coefficient (Wildman–Crippen LogP) is 3.74. The maximum Gasteiger partial charge on any atom is 0.258 e. The Bertz CT molecular complexity index is 1050. The molecule has 30 heavy (non-hydrogen) atoms. The zero-order valence-electron chi connectivity index (χ0n) is 17.1. The van der Waals surface area contributed by atoms with Gasteiger partial charge in [-0.05, 0) is 37.1 Å². The molecule has 0 spiro atoms. The van der Waals surface area contributed by atoms with E-state index in [4.69, 9.17) is 18.7 Å². The Hall–Kier alpha value is -3.55. The Balaban J connectivity index is 1.64. The van der Waals surface area contributed by atoms with Gasteiger partial charge in [0.2, 0.25) is 11.7 Å². The number of carbonyl (C=O) groups is 1. The number of aromatic nitrogens is 2. The van der Waals surface area contributed by atoms with Crippen LogP contribution in [-0.2, 0) is 0 Å². The highest BCUT2D eigenvalue weighted by molar-refractivity contribution is 5.98. The summed E-state index contributed by atoms with van der Waals surface area (Å²) in [4.78, 5) is 19.6. The number of rotatable bonds is 6. The molecule has 1 aromatic heterocycles. The van der Waals surface area contributed by atoms with Gasteiger partial charge in [-0.25, -0.2) is 0 Å². The molecule has 0 saturated carbocycles. The van der Waals surface area contributed by atoms with Crippen LogP contribution in [0, 0.1) is 0 Å². The summed E-state index contributed by atoms with van der Waals surface area (Å²) in [7, 11) is 4.66. The Morgan fingerprint density at radius 2 is 1.80 bits per heavy atom. The third-order valence-corrected chi connectivity index (χ3v) is 5.22. The summed E-state index contributed by atoms with van der Waals surface area (Å²) >= 11 is 0. The Morgan fingerprint density at radius 1 is 1.03 bits per heavy atom. The van der Waals surface area contributed by atoms with Crippen LogP contribution in [0.1, 0.15) is 35.1 Å². The second-order valence-electron chi connectivity index (χ2n) is 6.85. The summed E-state index contributed by atoms with van der Waals surface area (Å²) in [5.74, 6) is 2.26. The van der Waals surface area contributed by atoms with E-state index in [0.717, 1.165) is 18.4 Å². The number of ether oxygens (including phenoxy) is 3. The normalized spacial score (nSPS) is 15.8. The lowest BCUT2D eigenvalue weighted by Gasteiger charge is -2.23. The minimum atomic E-state index is -0.302. The molecule has 2 aromatic carbocycles. The highest BCUT2D eigenvalue weighted by Crippen LogP contribution is 2.37. The number of benzene rings is 2. The number of nitrogens with zero attached hydrogens (tertiary/aromatic N) is 3. The molecule has 2 heterocycles. The van der Waals surface area contributed by atoms with Gasteiger partial charge in [0.05, 0.1) is 32.5 Å². The highest BCUT2D eigenvalue weighted by atomic mass is 16.5. The molecule has 3 aromatic rings. The minimum Gasteiger partial charge on any atom is -0.496 e. The molecular formula is C22H23N3O5. The van der Waals surface area contributed by atoms with Crippen molar-refractivity contribution in [2.75, 3.05) is 27.9 Å². The third kappa shape index (κ3) is 3.45.